The van der Waals surface area contributed by atoms with Crippen molar-refractivity contribution in [1.82, 2.24) is 20.6 Å². The number of benzene rings is 1. The number of amides is 1. The van der Waals surface area contributed by atoms with Gasteiger partial charge in [-0.15, -0.1) is 11.8 Å². The lowest BCUT2D eigenvalue weighted by molar-refractivity contribution is -0.117. The Balaban J connectivity index is 1.35. The van der Waals surface area contributed by atoms with Crippen LogP contribution in [0.25, 0.3) is 11.1 Å². The molecule has 0 saturated carbocycles. The van der Waals surface area contributed by atoms with Crippen LogP contribution in [0, 0.1) is 19.8 Å². The number of carbonyl (C=O) groups excluding carboxylic acids is 1. The summed E-state index contributed by atoms with van der Waals surface area (Å²) in [6.07, 6.45) is 9.32. The maximum Gasteiger partial charge on any atom is 0.254 e. The van der Waals surface area contributed by atoms with Gasteiger partial charge in [0.15, 0.2) is 11.5 Å². The summed E-state index contributed by atoms with van der Waals surface area (Å²) in [7, 11) is 0. The number of thioether (sulfide) groups is 1. The Morgan fingerprint density at radius 3 is 2.56 bits per heavy atom. The summed E-state index contributed by atoms with van der Waals surface area (Å²) < 4.78 is 13.4. The molecule has 1 atom stereocenters. The molecular formula is C33H41N5O4S. The van der Waals surface area contributed by atoms with Gasteiger partial charge in [-0.1, -0.05) is 0 Å². The summed E-state index contributed by atoms with van der Waals surface area (Å²) in [5, 5.41) is 6.42. The summed E-state index contributed by atoms with van der Waals surface area (Å²) >= 11 is 1.49. The zero-order valence-electron chi connectivity index (χ0n) is 25.5. The molecule has 0 spiro atoms. The SMILES string of the molecule is CSc1cc(C)[nH]c(=O)c1CNC(=O)c1cc(-c2ccc(N3CCCCC3)nc2)c2c(c1C)OC(C)(C1CCNCC1)O2. The van der Waals surface area contributed by atoms with Crippen molar-refractivity contribution >= 4 is 23.5 Å². The number of piperidine rings is 2. The number of aromatic nitrogens is 2. The molecule has 3 aliphatic heterocycles. The molecule has 1 aromatic carbocycles. The second-order valence-corrected chi connectivity index (χ2v) is 12.8. The third-order valence-corrected chi connectivity index (χ3v) is 9.84. The topological polar surface area (TPSA) is 109 Å². The molecule has 3 aromatic rings. The first-order chi connectivity index (χ1) is 20.8. The molecule has 3 aliphatic rings. The van der Waals surface area contributed by atoms with Gasteiger partial charge in [0, 0.05) is 77.1 Å². The Morgan fingerprint density at radius 2 is 1.86 bits per heavy atom. The number of rotatable bonds is 7. The number of aromatic amines is 1. The highest BCUT2D eigenvalue weighted by Crippen LogP contribution is 2.52. The fourth-order valence-corrected chi connectivity index (χ4v) is 7.21. The lowest BCUT2D eigenvalue weighted by Gasteiger charge is -2.35. The minimum absolute atomic E-state index is 0.118. The predicted octanol–water partition coefficient (Wildman–Crippen LogP) is 5.18. The molecule has 2 fully saturated rings. The third kappa shape index (κ3) is 5.87. The van der Waals surface area contributed by atoms with E-state index < -0.39 is 5.79 Å². The van der Waals surface area contributed by atoms with E-state index in [-0.39, 0.29) is 23.9 Å². The van der Waals surface area contributed by atoms with E-state index in [2.05, 4.69) is 32.7 Å². The summed E-state index contributed by atoms with van der Waals surface area (Å²) in [5.41, 5.74) is 3.99. The number of nitrogens with zero attached hydrogens (tertiary/aromatic N) is 2. The first-order valence-electron chi connectivity index (χ1n) is 15.3. The fourth-order valence-electron chi connectivity index (χ4n) is 6.50. The number of hydrogen-bond donors (Lipinski definition) is 3. The van der Waals surface area contributed by atoms with Crippen molar-refractivity contribution in [3.63, 3.8) is 0 Å². The average Bonchev–Trinajstić information content (AvgIpc) is 3.40. The first kappa shape index (κ1) is 29.6. The van der Waals surface area contributed by atoms with E-state index in [1.807, 2.05) is 45.4 Å². The average molecular weight is 604 g/mol. The molecule has 0 radical (unpaired) electrons. The van der Waals surface area contributed by atoms with Gasteiger partial charge in [-0.05, 0) is 89.6 Å². The van der Waals surface area contributed by atoms with Crippen molar-refractivity contribution in [1.29, 1.82) is 0 Å². The van der Waals surface area contributed by atoms with Crippen LogP contribution in [0.1, 0.15) is 66.2 Å². The van der Waals surface area contributed by atoms with Gasteiger partial charge in [-0.25, -0.2) is 4.98 Å². The number of pyridine rings is 2. The van der Waals surface area contributed by atoms with Crippen LogP contribution >= 0.6 is 11.8 Å². The molecular weight excluding hydrogens is 562 g/mol. The maximum absolute atomic E-state index is 13.8. The molecule has 0 bridgehead atoms. The number of H-pyrrole nitrogens is 1. The zero-order chi connectivity index (χ0) is 30.1. The Kier molecular flexibility index (Phi) is 8.42. The van der Waals surface area contributed by atoms with Gasteiger partial charge < -0.3 is 30.0 Å². The summed E-state index contributed by atoms with van der Waals surface area (Å²) in [6, 6.07) is 7.93. The number of fused-ring (bicyclic) bond motifs is 1. The number of hydrogen-bond acceptors (Lipinski definition) is 8. The van der Waals surface area contributed by atoms with Gasteiger partial charge in [0.05, 0.1) is 0 Å². The first-order valence-corrected chi connectivity index (χ1v) is 16.5. The summed E-state index contributed by atoms with van der Waals surface area (Å²) in [4.78, 5) is 37.3. The number of aryl methyl sites for hydroxylation is 1. The van der Waals surface area contributed by atoms with Crippen LogP contribution in [-0.4, -0.2) is 54.1 Å². The van der Waals surface area contributed by atoms with E-state index in [9.17, 15) is 9.59 Å². The van der Waals surface area contributed by atoms with Crippen molar-refractivity contribution in [2.45, 2.75) is 70.1 Å². The molecule has 3 N–H and O–H groups in total. The summed E-state index contributed by atoms with van der Waals surface area (Å²) in [5.74, 6) is 1.33. The molecule has 9 nitrogen and oxygen atoms in total. The molecule has 5 heterocycles. The van der Waals surface area contributed by atoms with Crippen LogP contribution < -0.4 is 30.6 Å². The number of ether oxygens (including phenoxy) is 2. The van der Waals surface area contributed by atoms with Gasteiger partial charge in [-0.2, -0.15) is 0 Å². The smallest absolute Gasteiger partial charge is 0.254 e. The lowest BCUT2D eigenvalue weighted by atomic mass is 9.90. The van der Waals surface area contributed by atoms with Gasteiger partial charge in [-0.3, -0.25) is 9.59 Å². The highest BCUT2D eigenvalue weighted by atomic mass is 32.2. The monoisotopic (exact) mass is 603 g/mol. The van der Waals surface area contributed by atoms with E-state index in [0.29, 0.717) is 22.6 Å². The highest BCUT2D eigenvalue weighted by Gasteiger charge is 2.46. The third-order valence-electron chi connectivity index (χ3n) is 9.03. The van der Waals surface area contributed by atoms with Gasteiger partial charge in [0.25, 0.3) is 17.3 Å². The Bertz CT molecular complexity index is 1560. The van der Waals surface area contributed by atoms with Gasteiger partial charge in [0.1, 0.15) is 5.82 Å². The number of nitrogens with one attached hydrogen (secondary N) is 3. The highest BCUT2D eigenvalue weighted by molar-refractivity contribution is 7.98. The Morgan fingerprint density at radius 1 is 1.12 bits per heavy atom. The zero-order valence-corrected chi connectivity index (χ0v) is 26.3. The van der Waals surface area contributed by atoms with E-state index in [0.717, 1.165) is 72.1 Å². The van der Waals surface area contributed by atoms with Gasteiger partial charge >= 0.3 is 0 Å². The minimum atomic E-state index is -0.831. The van der Waals surface area contributed by atoms with E-state index in [1.54, 1.807) is 0 Å². The van der Waals surface area contributed by atoms with E-state index in [1.165, 1.54) is 31.0 Å². The van der Waals surface area contributed by atoms with Crippen LogP contribution in [-0.2, 0) is 6.54 Å². The minimum Gasteiger partial charge on any atom is -0.448 e. The van der Waals surface area contributed by atoms with Gasteiger partial charge in [0.2, 0.25) is 0 Å². The Labute approximate surface area is 257 Å². The Hall–Kier alpha value is -3.50. The molecule has 2 aromatic heterocycles. The molecule has 43 heavy (non-hydrogen) atoms. The van der Waals surface area contributed by atoms with Crippen LogP contribution in [0.4, 0.5) is 5.82 Å². The van der Waals surface area contributed by atoms with Crippen molar-refractivity contribution in [3.05, 3.63) is 63.2 Å². The van der Waals surface area contributed by atoms with Crippen LogP contribution in [0.15, 0.2) is 40.2 Å². The molecule has 228 valence electrons. The molecule has 6 rings (SSSR count). The van der Waals surface area contributed by atoms with E-state index in [4.69, 9.17) is 14.5 Å². The number of anilines is 1. The second-order valence-electron chi connectivity index (χ2n) is 12.0. The largest absolute Gasteiger partial charge is 0.448 e. The summed E-state index contributed by atoms with van der Waals surface area (Å²) in [6.45, 7) is 9.76. The molecule has 1 unspecified atom stereocenters. The lowest BCUT2D eigenvalue weighted by Crippen LogP contribution is -2.47. The molecule has 10 heteroatoms. The maximum atomic E-state index is 13.8. The van der Waals surface area contributed by atoms with Crippen LogP contribution in [0.5, 0.6) is 11.5 Å². The normalized spacial score (nSPS) is 20.3. The van der Waals surface area contributed by atoms with Crippen molar-refractivity contribution in [2.75, 3.05) is 37.3 Å². The molecule has 1 amide bonds. The van der Waals surface area contributed by atoms with E-state index >= 15 is 0 Å². The van der Waals surface area contributed by atoms with Crippen LogP contribution in [0.3, 0.4) is 0 Å². The van der Waals surface area contributed by atoms with Crippen molar-refractivity contribution < 1.29 is 14.3 Å². The molecule has 2 saturated heterocycles. The van der Waals surface area contributed by atoms with Crippen molar-refractivity contribution in [3.8, 4) is 22.6 Å². The second kappa shape index (κ2) is 12.2. The quantitative estimate of drug-likeness (QED) is 0.317. The van der Waals surface area contributed by atoms with Crippen LogP contribution in [0.2, 0.25) is 0 Å². The fraction of sp³-hybridized carbons (Fsp3) is 0.485. The predicted molar refractivity (Wildman–Crippen MR) is 170 cm³/mol. The standard InChI is InChI=1S/C33H41N5O4S/c1-20-16-27(43-4)26(32(40)37-20)19-36-31(39)24-17-25(22-8-9-28(35-18-22)38-14-6-5-7-15-38)30-29(21(24)2)41-33(3,42-30)23-10-12-34-13-11-23/h8-9,16-18,23,34H,5-7,10-15,19H2,1-4H3,(H,36,39)(H,37,40). The molecule has 0 aliphatic carbocycles. The number of carbonyl (C=O) groups is 1. The van der Waals surface area contributed by atoms with Crippen molar-refractivity contribution in [2.24, 2.45) is 5.92 Å².